The highest BCUT2D eigenvalue weighted by Crippen LogP contribution is 2.32. The van der Waals surface area contributed by atoms with Gasteiger partial charge in [-0.2, -0.15) is 5.01 Å². The lowest BCUT2D eigenvalue weighted by Gasteiger charge is -2.19. The summed E-state index contributed by atoms with van der Waals surface area (Å²) in [7, 11) is 0. The van der Waals surface area contributed by atoms with Crippen LogP contribution in [0.2, 0.25) is 0 Å². The Morgan fingerprint density at radius 3 is 2.63 bits per heavy atom. The van der Waals surface area contributed by atoms with Gasteiger partial charge in [0.05, 0.1) is 10.6 Å². The lowest BCUT2D eigenvalue weighted by atomic mass is 10.1. The van der Waals surface area contributed by atoms with Crippen molar-refractivity contribution in [1.29, 1.82) is 0 Å². The number of carbonyl (C=O) groups excluding carboxylic acids is 1. The van der Waals surface area contributed by atoms with E-state index in [4.69, 9.17) is 4.74 Å². The van der Waals surface area contributed by atoms with Gasteiger partial charge in [-0.15, -0.1) is 5.10 Å². The average molecular weight is 365 g/mol. The number of ether oxygens (including phenoxy) is 1. The average Bonchev–Trinajstić information content (AvgIpc) is 3.22. The summed E-state index contributed by atoms with van der Waals surface area (Å²) < 4.78 is 7.82. The minimum atomic E-state index is -0.799. The third-order valence-electron chi connectivity index (χ3n) is 4.26. The zero-order chi connectivity index (χ0) is 19.1. The van der Waals surface area contributed by atoms with Gasteiger partial charge in [0.1, 0.15) is 11.3 Å². The number of nitro benzene ring substituents is 1. The molecule has 9 nitrogen and oxygen atoms in total. The van der Waals surface area contributed by atoms with Crippen LogP contribution in [-0.2, 0) is 9.53 Å². The molecule has 0 fully saturated rings. The van der Waals surface area contributed by atoms with E-state index in [-0.39, 0.29) is 17.5 Å². The maximum Gasteiger partial charge on any atom is 0.269 e. The topological polar surface area (TPSA) is 102 Å². The van der Waals surface area contributed by atoms with Crippen LogP contribution in [0.3, 0.4) is 0 Å². The molecule has 2 aromatic heterocycles. The lowest BCUT2D eigenvalue weighted by molar-refractivity contribution is -0.384. The molecule has 1 aliphatic heterocycles. The summed E-state index contributed by atoms with van der Waals surface area (Å²) in [5.74, 6) is -0.0374. The van der Waals surface area contributed by atoms with E-state index in [2.05, 4.69) is 10.1 Å². The minimum absolute atomic E-state index is 0.0371. The van der Waals surface area contributed by atoms with Crippen molar-refractivity contribution in [2.24, 2.45) is 5.10 Å². The molecule has 0 spiro atoms. The van der Waals surface area contributed by atoms with Crippen LogP contribution in [0, 0.1) is 17.0 Å². The van der Waals surface area contributed by atoms with Gasteiger partial charge in [-0.1, -0.05) is 6.07 Å². The number of nitro groups is 1. The van der Waals surface area contributed by atoms with E-state index in [0.717, 1.165) is 5.65 Å². The first-order valence-electron chi connectivity index (χ1n) is 8.19. The molecule has 136 valence electrons. The van der Waals surface area contributed by atoms with Crippen molar-refractivity contribution < 1.29 is 14.5 Å². The highest BCUT2D eigenvalue weighted by atomic mass is 16.6. The van der Waals surface area contributed by atoms with Crippen LogP contribution in [0.25, 0.3) is 5.65 Å². The Balaban J connectivity index is 1.74. The zero-order valence-corrected chi connectivity index (χ0v) is 14.6. The second-order valence-corrected chi connectivity index (χ2v) is 6.06. The number of non-ortho nitro benzene ring substituents is 1. The first-order valence-corrected chi connectivity index (χ1v) is 8.19. The van der Waals surface area contributed by atoms with Crippen molar-refractivity contribution in [3.05, 3.63) is 75.7 Å². The number of hydrazone groups is 1. The molecule has 0 radical (unpaired) electrons. The molecule has 3 heterocycles. The summed E-state index contributed by atoms with van der Waals surface area (Å²) in [5.41, 5.74) is 2.66. The zero-order valence-electron chi connectivity index (χ0n) is 14.6. The molecule has 0 saturated heterocycles. The van der Waals surface area contributed by atoms with Gasteiger partial charge in [0.25, 0.3) is 11.6 Å². The predicted molar refractivity (Wildman–Crippen MR) is 95.9 cm³/mol. The quantitative estimate of drug-likeness (QED) is 0.524. The van der Waals surface area contributed by atoms with Crippen molar-refractivity contribution in [2.75, 3.05) is 0 Å². The van der Waals surface area contributed by atoms with Crippen molar-refractivity contribution in [3.63, 3.8) is 0 Å². The van der Waals surface area contributed by atoms with Crippen LogP contribution < -0.4 is 0 Å². The number of fused-ring (bicyclic) bond motifs is 1. The molecule has 4 rings (SSSR count). The van der Waals surface area contributed by atoms with Crippen molar-refractivity contribution in [3.8, 4) is 0 Å². The van der Waals surface area contributed by atoms with Gasteiger partial charge in [-0.3, -0.25) is 19.3 Å². The SMILES string of the molecule is CC(=O)N1N=C(c2c(C)nc3ccccn23)O[C@@H]1c1ccc([N+](=O)[O-])cc1. The van der Waals surface area contributed by atoms with Crippen LogP contribution in [0.1, 0.15) is 30.1 Å². The molecule has 1 aliphatic rings. The Morgan fingerprint density at radius 1 is 1.22 bits per heavy atom. The highest BCUT2D eigenvalue weighted by molar-refractivity contribution is 5.96. The monoisotopic (exact) mass is 365 g/mol. The Kier molecular flexibility index (Phi) is 3.84. The number of nitrogens with zero attached hydrogens (tertiary/aromatic N) is 5. The Hall–Kier alpha value is -3.75. The molecule has 0 bridgehead atoms. The number of benzene rings is 1. The van der Waals surface area contributed by atoms with Crippen LogP contribution in [-0.4, -0.2) is 31.1 Å². The maximum absolute atomic E-state index is 12.1. The van der Waals surface area contributed by atoms with Gasteiger partial charge in [0, 0.05) is 30.8 Å². The van der Waals surface area contributed by atoms with E-state index in [1.165, 1.54) is 24.1 Å². The Labute approximate surface area is 153 Å². The fourth-order valence-corrected chi connectivity index (χ4v) is 3.01. The van der Waals surface area contributed by atoms with Gasteiger partial charge >= 0.3 is 0 Å². The van der Waals surface area contributed by atoms with Crippen LogP contribution in [0.4, 0.5) is 5.69 Å². The van der Waals surface area contributed by atoms with E-state index in [9.17, 15) is 14.9 Å². The fourth-order valence-electron chi connectivity index (χ4n) is 3.01. The van der Waals surface area contributed by atoms with Gasteiger partial charge in [0.2, 0.25) is 12.1 Å². The number of carbonyl (C=O) groups is 1. The number of hydrogen-bond donors (Lipinski definition) is 0. The summed E-state index contributed by atoms with van der Waals surface area (Å²) in [5, 5.41) is 16.4. The molecular formula is C18H15N5O4. The van der Waals surface area contributed by atoms with E-state index in [1.807, 2.05) is 35.7 Å². The molecule has 9 heteroatoms. The number of aromatic nitrogens is 2. The number of amides is 1. The molecule has 0 saturated carbocycles. The lowest BCUT2D eigenvalue weighted by Crippen LogP contribution is -2.25. The molecule has 0 unspecified atom stereocenters. The smallest absolute Gasteiger partial charge is 0.269 e. The Bertz CT molecular complexity index is 1090. The van der Waals surface area contributed by atoms with Gasteiger partial charge in [-0.25, -0.2) is 4.98 Å². The van der Waals surface area contributed by atoms with E-state index in [1.54, 1.807) is 12.1 Å². The third-order valence-corrected chi connectivity index (χ3v) is 4.26. The molecular weight excluding hydrogens is 350 g/mol. The number of rotatable bonds is 3. The van der Waals surface area contributed by atoms with E-state index < -0.39 is 11.2 Å². The van der Waals surface area contributed by atoms with Crippen molar-refractivity contribution in [2.45, 2.75) is 20.1 Å². The van der Waals surface area contributed by atoms with E-state index in [0.29, 0.717) is 17.0 Å². The first-order chi connectivity index (χ1) is 13.0. The summed E-state index contributed by atoms with van der Waals surface area (Å²) in [6.07, 6.45) is 1.04. The van der Waals surface area contributed by atoms with Crippen molar-refractivity contribution in [1.82, 2.24) is 14.4 Å². The first kappa shape index (κ1) is 16.7. The molecule has 27 heavy (non-hydrogen) atoms. The molecule has 1 aromatic carbocycles. The molecule has 1 atom stereocenters. The number of hydrogen-bond acceptors (Lipinski definition) is 6. The molecule has 0 N–H and O–H groups in total. The minimum Gasteiger partial charge on any atom is -0.445 e. The standard InChI is InChI=1S/C18H15N5O4/c1-11-16(21-10-4-3-5-15(21)19-11)17-20-22(12(2)24)18(27-17)13-6-8-14(9-7-13)23(25)26/h3-10,18H,1-2H3/t18-/m1/s1. The molecule has 3 aromatic rings. The summed E-state index contributed by atoms with van der Waals surface area (Å²) >= 11 is 0. The highest BCUT2D eigenvalue weighted by Gasteiger charge is 2.35. The largest absolute Gasteiger partial charge is 0.445 e. The molecule has 1 amide bonds. The van der Waals surface area contributed by atoms with Gasteiger partial charge in [0.15, 0.2) is 0 Å². The summed E-state index contributed by atoms with van der Waals surface area (Å²) in [4.78, 5) is 26.9. The molecule has 0 aliphatic carbocycles. The van der Waals surface area contributed by atoms with Crippen molar-refractivity contribution >= 4 is 23.1 Å². The number of imidazole rings is 1. The van der Waals surface area contributed by atoms with Gasteiger partial charge in [-0.05, 0) is 31.2 Å². The van der Waals surface area contributed by atoms with Gasteiger partial charge < -0.3 is 4.74 Å². The summed E-state index contributed by atoms with van der Waals surface area (Å²) in [6.45, 7) is 3.22. The summed E-state index contributed by atoms with van der Waals surface area (Å²) in [6, 6.07) is 11.5. The van der Waals surface area contributed by atoms with Crippen LogP contribution >= 0.6 is 0 Å². The van der Waals surface area contributed by atoms with Crippen LogP contribution in [0.5, 0.6) is 0 Å². The van der Waals surface area contributed by atoms with Crippen LogP contribution in [0.15, 0.2) is 53.8 Å². The fraction of sp³-hybridized carbons (Fsp3) is 0.167. The number of aryl methyl sites for hydroxylation is 1. The second-order valence-electron chi connectivity index (χ2n) is 6.06. The third kappa shape index (κ3) is 2.78. The number of pyridine rings is 1. The Morgan fingerprint density at radius 2 is 1.96 bits per heavy atom. The normalized spacial score (nSPS) is 16.3. The second kappa shape index (κ2) is 6.20. The van der Waals surface area contributed by atoms with E-state index >= 15 is 0 Å². The maximum atomic E-state index is 12.1. The predicted octanol–water partition coefficient (Wildman–Crippen LogP) is 2.79.